The van der Waals surface area contributed by atoms with Crippen LogP contribution in [0.2, 0.25) is 0 Å². The summed E-state index contributed by atoms with van der Waals surface area (Å²) < 4.78 is 0. The zero-order chi connectivity index (χ0) is 12.9. The minimum absolute atomic E-state index is 0.410. The van der Waals surface area contributed by atoms with Crippen molar-refractivity contribution in [2.24, 2.45) is 5.41 Å². The first kappa shape index (κ1) is 11.9. The largest absolute Gasteiger partial charge is 0.315 e. The Labute approximate surface area is 114 Å². The highest BCUT2D eigenvalue weighted by molar-refractivity contribution is 5.14. The molecule has 0 radical (unpaired) electrons. The van der Waals surface area contributed by atoms with Crippen LogP contribution in [-0.4, -0.2) is 53.3 Å². The number of hydrogen-bond donors (Lipinski definition) is 2. The Hall–Kier alpha value is -0.940. The molecule has 1 aliphatic carbocycles. The maximum atomic E-state index is 4.80. The van der Waals surface area contributed by atoms with Crippen LogP contribution in [-0.2, 0) is 0 Å². The van der Waals surface area contributed by atoms with E-state index in [-0.39, 0.29) is 0 Å². The van der Waals surface area contributed by atoms with Crippen molar-refractivity contribution in [3.05, 3.63) is 11.6 Å². The average molecular weight is 261 g/mol. The van der Waals surface area contributed by atoms with Crippen molar-refractivity contribution < 1.29 is 0 Å². The van der Waals surface area contributed by atoms with E-state index in [0.29, 0.717) is 17.3 Å². The summed E-state index contributed by atoms with van der Waals surface area (Å²) in [4.78, 5) is 7.24. The van der Waals surface area contributed by atoms with Crippen molar-refractivity contribution in [2.75, 3.05) is 33.2 Å². The fraction of sp³-hybridized carbons (Fsp3) is 0.857. The number of likely N-dealkylation sites (tertiary alicyclic amines) is 1. The summed E-state index contributed by atoms with van der Waals surface area (Å²) in [5.41, 5.74) is 0.410. The Kier molecular flexibility index (Phi) is 2.67. The minimum atomic E-state index is 0.410. The lowest BCUT2D eigenvalue weighted by atomic mass is 9.70. The highest BCUT2D eigenvalue weighted by Gasteiger charge is 2.46. The molecule has 1 spiro atoms. The maximum absolute atomic E-state index is 4.80. The molecule has 2 saturated heterocycles. The molecule has 1 saturated carbocycles. The van der Waals surface area contributed by atoms with E-state index in [1.807, 2.05) is 0 Å². The number of piperidine rings is 1. The number of hydrogen-bond acceptors (Lipinski definition) is 4. The van der Waals surface area contributed by atoms with Gasteiger partial charge in [-0.2, -0.15) is 5.10 Å². The molecule has 0 bridgehead atoms. The maximum Gasteiger partial charge on any atom is 0.153 e. The zero-order valence-corrected chi connectivity index (χ0v) is 11.7. The molecule has 104 valence electrons. The Balaban J connectivity index is 1.58. The third-order valence-corrected chi connectivity index (χ3v) is 5.34. The molecule has 0 aromatic carbocycles. The van der Waals surface area contributed by atoms with E-state index in [1.54, 1.807) is 0 Å². The highest BCUT2D eigenvalue weighted by atomic mass is 15.2. The molecule has 3 heterocycles. The average Bonchev–Trinajstić information content (AvgIpc) is 3.02. The minimum Gasteiger partial charge on any atom is -0.315 e. The molecule has 0 unspecified atom stereocenters. The van der Waals surface area contributed by atoms with Gasteiger partial charge in [0, 0.05) is 24.9 Å². The van der Waals surface area contributed by atoms with E-state index < -0.39 is 0 Å². The second kappa shape index (κ2) is 4.28. The highest BCUT2D eigenvalue weighted by Crippen LogP contribution is 2.46. The molecule has 4 rings (SSSR count). The quantitative estimate of drug-likeness (QED) is 0.836. The summed E-state index contributed by atoms with van der Waals surface area (Å²) in [7, 11) is 2.23. The lowest BCUT2D eigenvalue weighted by Crippen LogP contribution is -2.42. The number of aromatic amines is 1. The van der Waals surface area contributed by atoms with Crippen LogP contribution >= 0.6 is 0 Å². The fourth-order valence-electron chi connectivity index (χ4n) is 3.75. The lowest BCUT2D eigenvalue weighted by molar-refractivity contribution is 0.121. The third-order valence-electron chi connectivity index (χ3n) is 5.34. The van der Waals surface area contributed by atoms with Gasteiger partial charge in [0.15, 0.2) is 5.82 Å². The smallest absolute Gasteiger partial charge is 0.153 e. The van der Waals surface area contributed by atoms with Gasteiger partial charge in [0.05, 0.1) is 0 Å². The standard InChI is InChI=1S/C14H23N5/c1-19-6-4-14(5-7-19)9-15-8-11(14)13-16-12(17-18-13)10-2-3-10/h10-11,15H,2-9H2,1H3,(H,16,17,18)/t11-/m0/s1. The SMILES string of the molecule is CN1CCC2(CC1)CNC[C@H]2c1nc(C2CC2)n[nH]1. The van der Waals surface area contributed by atoms with Gasteiger partial charge in [-0.05, 0) is 51.2 Å². The number of H-pyrrole nitrogens is 1. The third kappa shape index (κ3) is 1.99. The van der Waals surface area contributed by atoms with Gasteiger partial charge in [0.2, 0.25) is 0 Å². The van der Waals surface area contributed by atoms with Gasteiger partial charge in [-0.1, -0.05) is 0 Å². The molecule has 1 atom stereocenters. The molecular weight excluding hydrogens is 238 g/mol. The van der Waals surface area contributed by atoms with Crippen molar-refractivity contribution in [3.8, 4) is 0 Å². The van der Waals surface area contributed by atoms with Crippen LogP contribution in [0, 0.1) is 5.41 Å². The molecule has 3 aliphatic rings. The van der Waals surface area contributed by atoms with Gasteiger partial charge in [0.1, 0.15) is 5.82 Å². The number of nitrogens with zero attached hydrogens (tertiary/aromatic N) is 3. The first-order valence-electron chi connectivity index (χ1n) is 7.58. The summed E-state index contributed by atoms with van der Waals surface area (Å²) in [6.45, 7) is 4.62. The Bertz CT molecular complexity index is 456. The van der Waals surface area contributed by atoms with Crippen LogP contribution in [0.3, 0.4) is 0 Å². The molecule has 3 fully saturated rings. The van der Waals surface area contributed by atoms with Crippen molar-refractivity contribution in [3.63, 3.8) is 0 Å². The molecule has 2 aliphatic heterocycles. The number of aromatic nitrogens is 3. The van der Waals surface area contributed by atoms with Crippen LogP contribution in [0.4, 0.5) is 0 Å². The second-order valence-electron chi connectivity index (χ2n) is 6.70. The second-order valence-corrected chi connectivity index (χ2v) is 6.70. The summed E-state index contributed by atoms with van der Waals surface area (Å²) >= 11 is 0. The van der Waals surface area contributed by atoms with Crippen molar-refractivity contribution in [2.45, 2.75) is 37.5 Å². The topological polar surface area (TPSA) is 56.8 Å². The van der Waals surface area contributed by atoms with Crippen molar-refractivity contribution in [1.82, 2.24) is 25.4 Å². The predicted molar refractivity (Wildman–Crippen MR) is 73.1 cm³/mol. The Morgan fingerprint density at radius 3 is 2.79 bits per heavy atom. The summed E-state index contributed by atoms with van der Waals surface area (Å²) in [6.07, 6.45) is 5.10. The molecule has 1 aromatic rings. The van der Waals surface area contributed by atoms with Gasteiger partial charge in [0.25, 0.3) is 0 Å². The van der Waals surface area contributed by atoms with Crippen LogP contribution in [0.25, 0.3) is 0 Å². The Morgan fingerprint density at radius 1 is 1.26 bits per heavy atom. The van der Waals surface area contributed by atoms with E-state index in [1.165, 1.54) is 38.8 Å². The van der Waals surface area contributed by atoms with Gasteiger partial charge in [-0.3, -0.25) is 5.10 Å². The molecule has 5 heteroatoms. The first-order chi connectivity index (χ1) is 9.27. The van der Waals surface area contributed by atoms with Gasteiger partial charge in [-0.15, -0.1) is 0 Å². The zero-order valence-electron chi connectivity index (χ0n) is 11.7. The summed E-state index contributed by atoms with van der Waals surface area (Å²) in [5.74, 6) is 3.37. The first-order valence-corrected chi connectivity index (χ1v) is 7.58. The van der Waals surface area contributed by atoms with Crippen molar-refractivity contribution >= 4 is 0 Å². The van der Waals surface area contributed by atoms with Crippen LogP contribution in [0.15, 0.2) is 0 Å². The van der Waals surface area contributed by atoms with E-state index in [9.17, 15) is 0 Å². The van der Waals surface area contributed by atoms with Crippen molar-refractivity contribution in [1.29, 1.82) is 0 Å². The molecule has 0 amide bonds. The number of nitrogens with one attached hydrogen (secondary N) is 2. The summed E-state index contributed by atoms with van der Waals surface area (Å²) in [6, 6.07) is 0. The normalized spacial score (nSPS) is 31.1. The summed E-state index contributed by atoms with van der Waals surface area (Å²) in [5, 5.41) is 11.3. The van der Waals surface area contributed by atoms with Gasteiger partial charge < -0.3 is 10.2 Å². The number of rotatable bonds is 2. The van der Waals surface area contributed by atoms with Crippen LogP contribution in [0.1, 0.15) is 49.2 Å². The lowest BCUT2D eigenvalue weighted by Gasteiger charge is -2.40. The predicted octanol–water partition coefficient (Wildman–Crippen LogP) is 1.08. The van der Waals surface area contributed by atoms with Gasteiger partial charge in [-0.25, -0.2) is 4.98 Å². The van der Waals surface area contributed by atoms with E-state index >= 15 is 0 Å². The van der Waals surface area contributed by atoms with E-state index in [2.05, 4.69) is 27.5 Å². The molecular formula is C14H23N5. The fourth-order valence-corrected chi connectivity index (χ4v) is 3.75. The molecule has 1 aromatic heterocycles. The van der Waals surface area contributed by atoms with Gasteiger partial charge >= 0.3 is 0 Å². The monoisotopic (exact) mass is 261 g/mol. The van der Waals surface area contributed by atoms with E-state index in [0.717, 1.165) is 24.7 Å². The molecule has 5 nitrogen and oxygen atoms in total. The van der Waals surface area contributed by atoms with E-state index in [4.69, 9.17) is 4.98 Å². The molecule has 2 N–H and O–H groups in total. The van der Waals surface area contributed by atoms with Crippen LogP contribution < -0.4 is 5.32 Å². The Morgan fingerprint density at radius 2 is 2.05 bits per heavy atom. The van der Waals surface area contributed by atoms with Crippen LogP contribution in [0.5, 0.6) is 0 Å². The molecule has 19 heavy (non-hydrogen) atoms.